The number of pyridine rings is 1. The zero-order valence-corrected chi connectivity index (χ0v) is 21.1. The third-order valence-corrected chi connectivity index (χ3v) is 7.52. The van der Waals surface area contributed by atoms with Gasteiger partial charge in [0.05, 0.1) is 18.0 Å². The molecule has 1 aromatic heterocycles. The lowest BCUT2D eigenvalue weighted by Crippen LogP contribution is -2.28. The van der Waals surface area contributed by atoms with Gasteiger partial charge in [-0.1, -0.05) is 48.9 Å². The van der Waals surface area contributed by atoms with Crippen molar-refractivity contribution >= 4 is 11.6 Å². The molecule has 0 bridgehead atoms. The number of rotatable bonds is 6. The lowest BCUT2D eigenvalue weighted by Gasteiger charge is -2.28. The van der Waals surface area contributed by atoms with Gasteiger partial charge < -0.3 is 5.11 Å². The minimum absolute atomic E-state index is 0.00752. The van der Waals surface area contributed by atoms with Crippen molar-refractivity contribution in [1.82, 2.24) is 9.88 Å². The largest absolute Gasteiger partial charge is 0.390 e. The second-order valence-corrected chi connectivity index (χ2v) is 10.1. The number of benzene rings is 2. The highest BCUT2D eigenvalue weighted by atomic mass is 16.3. The quantitative estimate of drug-likeness (QED) is 0.460. The van der Waals surface area contributed by atoms with E-state index in [4.69, 9.17) is 0 Å². The molecule has 1 atom stereocenters. The van der Waals surface area contributed by atoms with E-state index in [-0.39, 0.29) is 18.4 Å². The lowest BCUT2D eigenvalue weighted by molar-refractivity contribution is -0.115. The summed E-state index contributed by atoms with van der Waals surface area (Å²) in [6.45, 7) is 4.76. The van der Waals surface area contributed by atoms with Gasteiger partial charge in [0.15, 0.2) is 0 Å². The molecule has 0 radical (unpaired) electrons. The molecule has 36 heavy (non-hydrogen) atoms. The number of nitrogens with zero attached hydrogens (tertiary/aromatic N) is 3. The number of hydrogen-bond donors (Lipinski definition) is 1. The number of hydrogen-bond acceptors (Lipinski definition) is 4. The number of aliphatic hydroxyl groups is 1. The number of carbonyl (C=O) groups excluding carboxylic acids is 1. The highest BCUT2D eigenvalue weighted by Gasteiger charge is 2.28. The van der Waals surface area contributed by atoms with Gasteiger partial charge in [-0.15, -0.1) is 0 Å². The third-order valence-electron chi connectivity index (χ3n) is 7.52. The van der Waals surface area contributed by atoms with Crippen LogP contribution in [-0.2, 0) is 24.4 Å². The van der Waals surface area contributed by atoms with Gasteiger partial charge in [0.2, 0.25) is 5.91 Å². The first-order valence-corrected chi connectivity index (χ1v) is 13.2. The van der Waals surface area contributed by atoms with Crippen LogP contribution in [0.4, 0.5) is 0 Å². The van der Waals surface area contributed by atoms with Crippen molar-refractivity contribution in [3.63, 3.8) is 0 Å². The van der Waals surface area contributed by atoms with Crippen molar-refractivity contribution in [3.05, 3.63) is 88.7 Å². The van der Waals surface area contributed by atoms with E-state index in [1.54, 1.807) is 6.20 Å². The van der Waals surface area contributed by atoms with Gasteiger partial charge in [-0.2, -0.15) is 0 Å². The van der Waals surface area contributed by atoms with E-state index in [0.717, 1.165) is 37.1 Å². The number of aliphatic hydroxyl groups excluding tert-OH is 1. The number of piperidine rings is 1. The van der Waals surface area contributed by atoms with Crippen LogP contribution in [0, 0.1) is 0 Å². The van der Waals surface area contributed by atoms with E-state index < -0.39 is 0 Å². The van der Waals surface area contributed by atoms with Crippen LogP contribution in [0.2, 0.25) is 0 Å². The van der Waals surface area contributed by atoms with Crippen molar-refractivity contribution in [1.29, 1.82) is 0 Å². The molecule has 1 fully saturated rings. The fourth-order valence-corrected chi connectivity index (χ4v) is 5.75. The summed E-state index contributed by atoms with van der Waals surface area (Å²) in [5.41, 5.74) is 8.41. The second-order valence-electron chi connectivity index (χ2n) is 10.1. The summed E-state index contributed by atoms with van der Waals surface area (Å²) in [5.74, 6) is -0.223. The summed E-state index contributed by atoms with van der Waals surface area (Å²) in [5, 5.41) is 9.86. The molecule has 3 aromatic rings. The van der Waals surface area contributed by atoms with Crippen molar-refractivity contribution in [3.8, 4) is 11.1 Å². The van der Waals surface area contributed by atoms with E-state index in [0.29, 0.717) is 5.69 Å². The van der Waals surface area contributed by atoms with Gasteiger partial charge >= 0.3 is 0 Å². The molecule has 1 unspecified atom stereocenters. The van der Waals surface area contributed by atoms with E-state index in [1.165, 1.54) is 67.1 Å². The number of aliphatic imine (C=N–C) groups is 1. The fraction of sp³-hybridized carbons (Fsp3) is 0.387. The molecule has 186 valence electrons. The second kappa shape index (κ2) is 11.3. The average molecular weight is 482 g/mol. The van der Waals surface area contributed by atoms with Crippen LogP contribution in [0.25, 0.3) is 11.1 Å². The van der Waals surface area contributed by atoms with Crippen LogP contribution in [0.15, 0.2) is 65.8 Å². The molecule has 5 nitrogen and oxygen atoms in total. The van der Waals surface area contributed by atoms with Gasteiger partial charge in [0.25, 0.3) is 0 Å². The number of aromatic nitrogens is 1. The molecule has 1 amide bonds. The Morgan fingerprint density at radius 3 is 2.56 bits per heavy atom. The molecule has 0 spiro atoms. The molecule has 5 rings (SSSR count). The number of aryl methyl sites for hydroxylation is 1. The molecule has 1 saturated heterocycles. The van der Waals surface area contributed by atoms with Crippen LogP contribution in [-0.4, -0.2) is 39.7 Å². The summed E-state index contributed by atoms with van der Waals surface area (Å²) in [7, 11) is 0. The molecular weight excluding hydrogens is 446 g/mol. The Balaban J connectivity index is 1.42. The van der Waals surface area contributed by atoms with E-state index in [9.17, 15) is 9.90 Å². The fourth-order valence-electron chi connectivity index (χ4n) is 5.75. The smallest absolute Gasteiger partial charge is 0.242 e. The van der Waals surface area contributed by atoms with Gasteiger partial charge in [0, 0.05) is 31.1 Å². The number of amides is 1. The van der Waals surface area contributed by atoms with Crippen molar-refractivity contribution < 1.29 is 9.90 Å². The maximum atomic E-state index is 12.1. The normalized spacial score (nSPS) is 18.6. The maximum Gasteiger partial charge on any atom is 0.242 e. The Morgan fingerprint density at radius 2 is 1.81 bits per heavy atom. The van der Waals surface area contributed by atoms with Crippen LogP contribution in [0.1, 0.15) is 72.9 Å². The molecule has 1 aliphatic carbocycles. The maximum absolute atomic E-state index is 12.1. The molecule has 2 heterocycles. The zero-order chi connectivity index (χ0) is 24.9. The Labute approximate surface area is 213 Å². The van der Waals surface area contributed by atoms with Crippen molar-refractivity contribution in [2.75, 3.05) is 13.1 Å². The van der Waals surface area contributed by atoms with Gasteiger partial charge in [-0.3, -0.25) is 14.7 Å². The summed E-state index contributed by atoms with van der Waals surface area (Å²) < 4.78 is 0. The van der Waals surface area contributed by atoms with Crippen LogP contribution in [0.5, 0.6) is 0 Å². The third kappa shape index (κ3) is 5.48. The Bertz CT molecular complexity index is 1240. The highest BCUT2D eigenvalue weighted by Crippen LogP contribution is 2.37. The topological polar surface area (TPSA) is 65.8 Å². The number of likely N-dealkylation sites (tertiary alicyclic amines) is 1. The summed E-state index contributed by atoms with van der Waals surface area (Å²) >= 11 is 0. The van der Waals surface area contributed by atoms with Crippen molar-refractivity contribution in [2.24, 2.45) is 4.99 Å². The Morgan fingerprint density at radius 1 is 1.03 bits per heavy atom. The minimum atomic E-state index is -0.230. The number of fused-ring (bicyclic) bond motifs is 1. The molecule has 2 aromatic carbocycles. The number of carbonyl (C=O) groups is 1. The standard InChI is InChI=1S/C31H35N3O2/c1-22(36)33-31(29-9-6-16-32-30(29)21-35)28-8-5-7-26-19-25(14-15-27(26)28)24-12-10-23(11-13-24)20-34-17-3-2-4-18-34/h6,9-16,19,28,35H,2-5,7-8,17-18,20-21H2,1H3. The predicted molar refractivity (Wildman–Crippen MR) is 144 cm³/mol. The Kier molecular flexibility index (Phi) is 7.69. The summed E-state index contributed by atoms with van der Waals surface area (Å²) in [6.07, 6.45) is 8.62. The van der Waals surface area contributed by atoms with Crippen LogP contribution in [0.3, 0.4) is 0 Å². The summed E-state index contributed by atoms with van der Waals surface area (Å²) in [6, 6.07) is 19.5. The zero-order valence-electron chi connectivity index (χ0n) is 21.1. The molecule has 1 N–H and O–H groups in total. The first-order valence-electron chi connectivity index (χ1n) is 13.2. The first-order chi connectivity index (χ1) is 17.6. The SMILES string of the molecule is CC(=O)N=C(c1cccnc1CO)C1CCCc2cc(-c3ccc(CN4CCCCC4)cc3)ccc21. The van der Waals surface area contributed by atoms with Gasteiger partial charge in [-0.05, 0) is 85.1 Å². The molecule has 1 aliphatic heterocycles. The van der Waals surface area contributed by atoms with Crippen LogP contribution >= 0.6 is 0 Å². The van der Waals surface area contributed by atoms with E-state index in [1.807, 2.05) is 12.1 Å². The molecule has 5 heteroatoms. The molecular formula is C31H35N3O2. The minimum Gasteiger partial charge on any atom is -0.390 e. The predicted octanol–water partition coefficient (Wildman–Crippen LogP) is 5.68. The van der Waals surface area contributed by atoms with E-state index >= 15 is 0 Å². The van der Waals surface area contributed by atoms with Gasteiger partial charge in [0.1, 0.15) is 0 Å². The Hall–Kier alpha value is -3.15. The summed E-state index contributed by atoms with van der Waals surface area (Å²) in [4.78, 5) is 23.4. The highest BCUT2D eigenvalue weighted by molar-refractivity contribution is 6.10. The van der Waals surface area contributed by atoms with Gasteiger partial charge in [-0.25, -0.2) is 4.99 Å². The monoisotopic (exact) mass is 481 g/mol. The van der Waals surface area contributed by atoms with E-state index in [2.05, 4.69) is 57.3 Å². The molecule has 2 aliphatic rings. The first kappa shape index (κ1) is 24.5. The van der Waals surface area contributed by atoms with Crippen molar-refractivity contribution in [2.45, 2.75) is 64.5 Å². The molecule has 0 saturated carbocycles. The lowest BCUT2D eigenvalue weighted by atomic mass is 9.77. The average Bonchev–Trinajstić information content (AvgIpc) is 2.92. The van der Waals surface area contributed by atoms with Crippen LogP contribution < -0.4 is 0 Å².